The lowest BCUT2D eigenvalue weighted by Gasteiger charge is -2.18. The minimum absolute atomic E-state index is 0.0258. The summed E-state index contributed by atoms with van der Waals surface area (Å²) in [7, 11) is 0. The predicted molar refractivity (Wildman–Crippen MR) is 83.3 cm³/mol. The van der Waals surface area contributed by atoms with Gasteiger partial charge in [0.05, 0.1) is 5.92 Å². The van der Waals surface area contributed by atoms with Crippen molar-refractivity contribution in [2.45, 2.75) is 20.3 Å². The quantitative estimate of drug-likeness (QED) is 0.867. The van der Waals surface area contributed by atoms with Crippen molar-refractivity contribution in [3.05, 3.63) is 29.8 Å². The first-order chi connectivity index (χ1) is 10.2. The molecule has 0 spiro atoms. The monoisotopic (exact) mass is 289 g/mol. The predicted octanol–water partition coefficient (Wildman–Crippen LogP) is 1.72. The van der Waals surface area contributed by atoms with E-state index in [4.69, 9.17) is 0 Å². The maximum Gasteiger partial charge on any atom is 0.253 e. The Morgan fingerprint density at radius 3 is 2.43 bits per heavy atom. The molecule has 5 nitrogen and oxygen atoms in total. The molecule has 114 valence electrons. The van der Waals surface area contributed by atoms with Gasteiger partial charge < -0.3 is 15.5 Å². The molecule has 1 aromatic carbocycles. The van der Waals surface area contributed by atoms with Crippen molar-refractivity contribution in [1.29, 1.82) is 0 Å². The Morgan fingerprint density at radius 1 is 1.24 bits per heavy atom. The molecule has 1 aliphatic heterocycles. The van der Waals surface area contributed by atoms with Crippen LogP contribution in [0.5, 0.6) is 0 Å². The highest BCUT2D eigenvalue weighted by atomic mass is 16.2. The zero-order valence-corrected chi connectivity index (χ0v) is 12.7. The molecule has 2 rings (SSSR count). The number of nitrogens with one attached hydrogen (secondary N) is 2. The summed E-state index contributed by atoms with van der Waals surface area (Å²) in [4.78, 5) is 26.0. The van der Waals surface area contributed by atoms with E-state index in [0.29, 0.717) is 18.7 Å². The summed E-state index contributed by atoms with van der Waals surface area (Å²) < 4.78 is 0. The molecule has 0 aromatic heterocycles. The minimum atomic E-state index is 0.0258. The molecule has 1 aliphatic rings. The van der Waals surface area contributed by atoms with E-state index in [2.05, 4.69) is 10.6 Å². The van der Waals surface area contributed by atoms with Gasteiger partial charge in [-0.2, -0.15) is 0 Å². The third kappa shape index (κ3) is 3.82. The Bertz CT molecular complexity index is 489. The fourth-order valence-electron chi connectivity index (χ4n) is 2.51. The van der Waals surface area contributed by atoms with Gasteiger partial charge in [-0.3, -0.25) is 9.59 Å². The molecule has 2 N–H and O–H groups in total. The van der Waals surface area contributed by atoms with E-state index in [-0.39, 0.29) is 17.7 Å². The van der Waals surface area contributed by atoms with Crippen LogP contribution in [0.4, 0.5) is 5.69 Å². The van der Waals surface area contributed by atoms with Gasteiger partial charge in [-0.05, 0) is 51.1 Å². The topological polar surface area (TPSA) is 61.4 Å². The lowest BCUT2D eigenvalue weighted by molar-refractivity contribution is -0.119. The van der Waals surface area contributed by atoms with E-state index in [1.165, 1.54) is 0 Å². The standard InChI is InChI=1S/C16H23N3O2/c1-3-19(4-2)16(21)12-5-7-14(8-6-12)18-15(20)13-9-10-17-11-13/h5-8,13,17H,3-4,9-11H2,1-2H3,(H,18,20). The van der Waals surface area contributed by atoms with E-state index >= 15 is 0 Å². The fraction of sp³-hybridized carbons (Fsp3) is 0.500. The Balaban J connectivity index is 1.98. The largest absolute Gasteiger partial charge is 0.339 e. The van der Waals surface area contributed by atoms with Gasteiger partial charge in [-0.25, -0.2) is 0 Å². The summed E-state index contributed by atoms with van der Waals surface area (Å²) in [6, 6.07) is 7.11. The SMILES string of the molecule is CCN(CC)C(=O)c1ccc(NC(=O)C2CCNC2)cc1. The van der Waals surface area contributed by atoms with E-state index in [1.54, 1.807) is 29.2 Å². The Morgan fingerprint density at radius 2 is 1.90 bits per heavy atom. The number of carbonyl (C=O) groups excluding carboxylic acids is 2. The number of hydrogen-bond donors (Lipinski definition) is 2. The van der Waals surface area contributed by atoms with Crippen molar-refractivity contribution < 1.29 is 9.59 Å². The molecule has 1 aromatic rings. The molecule has 1 unspecified atom stereocenters. The maximum atomic E-state index is 12.2. The third-order valence-electron chi connectivity index (χ3n) is 3.88. The average Bonchev–Trinajstić information content (AvgIpc) is 3.03. The maximum absolute atomic E-state index is 12.2. The van der Waals surface area contributed by atoms with Crippen LogP contribution in [0, 0.1) is 5.92 Å². The zero-order valence-electron chi connectivity index (χ0n) is 12.7. The fourth-order valence-corrected chi connectivity index (χ4v) is 2.51. The van der Waals surface area contributed by atoms with Crippen molar-refractivity contribution in [2.24, 2.45) is 5.92 Å². The van der Waals surface area contributed by atoms with Gasteiger partial charge in [0.2, 0.25) is 5.91 Å². The summed E-state index contributed by atoms with van der Waals surface area (Å²) in [5.41, 5.74) is 1.39. The van der Waals surface area contributed by atoms with Crippen molar-refractivity contribution in [3.63, 3.8) is 0 Å². The number of amides is 2. The van der Waals surface area contributed by atoms with Gasteiger partial charge in [0, 0.05) is 30.9 Å². The molecule has 2 amide bonds. The molecule has 0 saturated carbocycles. The first-order valence-electron chi connectivity index (χ1n) is 7.56. The van der Waals surface area contributed by atoms with Crippen LogP contribution in [0.25, 0.3) is 0 Å². The average molecular weight is 289 g/mol. The number of benzene rings is 1. The Kier molecular flexibility index (Phi) is 5.33. The lowest BCUT2D eigenvalue weighted by atomic mass is 10.1. The molecule has 0 radical (unpaired) electrons. The van der Waals surface area contributed by atoms with Crippen molar-refractivity contribution in [1.82, 2.24) is 10.2 Å². The van der Waals surface area contributed by atoms with Crippen molar-refractivity contribution in [3.8, 4) is 0 Å². The van der Waals surface area contributed by atoms with Crippen LogP contribution in [0.2, 0.25) is 0 Å². The summed E-state index contributed by atoms with van der Waals surface area (Å²) in [6.07, 6.45) is 0.879. The molecule has 1 fully saturated rings. The smallest absolute Gasteiger partial charge is 0.253 e. The molecule has 5 heteroatoms. The van der Waals surface area contributed by atoms with E-state index in [1.807, 2.05) is 13.8 Å². The molecule has 1 saturated heterocycles. The van der Waals surface area contributed by atoms with Gasteiger partial charge in [0.25, 0.3) is 5.91 Å². The number of rotatable bonds is 5. The first-order valence-corrected chi connectivity index (χ1v) is 7.56. The molecule has 0 bridgehead atoms. The zero-order chi connectivity index (χ0) is 15.2. The highest BCUT2D eigenvalue weighted by Crippen LogP contribution is 2.15. The molecule has 1 atom stereocenters. The lowest BCUT2D eigenvalue weighted by Crippen LogP contribution is -2.30. The Hall–Kier alpha value is -1.88. The van der Waals surface area contributed by atoms with Crippen molar-refractivity contribution >= 4 is 17.5 Å². The molecule has 21 heavy (non-hydrogen) atoms. The highest BCUT2D eigenvalue weighted by Gasteiger charge is 2.22. The number of hydrogen-bond acceptors (Lipinski definition) is 3. The Labute approximate surface area is 125 Å². The second kappa shape index (κ2) is 7.22. The van der Waals surface area contributed by atoms with Gasteiger partial charge >= 0.3 is 0 Å². The van der Waals surface area contributed by atoms with Crippen LogP contribution in [0.1, 0.15) is 30.6 Å². The minimum Gasteiger partial charge on any atom is -0.339 e. The first kappa shape index (κ1) is 15.5. The molecule has 1 heterocycles. The van der Waals surface area contributed by atoms with E-state index < -0.39 is 0 Å². The van der Waals surface area contributed by atoms with Gasteiger partial charge in [-0.15, -0.1) is 0 Å². The van der Waals surface area contributed by atoms with Crippen LogP contribution < -0.4 is 10.6 Å². The van der Waals surface area contributed by atoms with Gasteiger partial charge in [0.15, 0.2) is 0 Å². The molecular formula is C16H23N3O2. The van der Waals surface area contributed by atoms with Crippen LogP contribution in [0.3, 0.4) is 0 Å². The number of anilines is 1. The number of carbonyl (C=O) groups is 2. The van der Waals surface area contributed by atoms with Crippen LogP contribution in [-0.2, 0) is 4.79 Å². The van der Waals surface area contributed by atoms with Crippen LogP contribution in [0.15, 0.2) is 24.3 Å². The van der Waals surface area contributed by atoms with Gasteiger partial charge in [-0.1, -0.05) is 0 Å². The highest BCUT2D eigenvalue weighted by molar-refractivity contribution is 5.96. The summed E-state index contributed by atoms with van der Waals surface area (Å²) in [5, 5.41) is 6.08. The molecular weight excluding hydrogens is 266 g/mol. The second-order valence-electron chi connectivity index (χ2n) is 5.23. The van der Waals surface area contributed by atoms with Gasteiger partial charge in [0.1, 0.15) is 0 Å². The van der Waals surface area contributed by atoms with Crippen LogP contribution >= 0.6 is 0 Å². The van der Waals surface area contributed by atoms with E-state index in [9.17, 15) is 9.59 Å². The summed E-state index contributed by atoms with van der Waals surface area (Å²) >= 11 is 0. The number of nitrogens with zero attached hydrogens (tertiary/aromatic N) is 1. The van der Waals surface area contributed by atoms with Crippen LogP contribution in [-0.4, -0.2) is 42.9 Å². The summed E-state index contributed by atoms with van der Waals surface area (Å²) in [6.45, 7) is 6.96. The second-order valence-corrected chi connectivity index (χ2v) is 5.23. The molecule has 0 aliphatic carbocycles. The van der Waals surface area contributed by atoms with Crippen molar-refractivity contribution in [2.75, 3.05) is 31.5 Å². The normalized spacial score (nSPS) is 17.5. The third-order valence-corrected chi connectivity index (χ3v) is 3.88. The van der Waals surface area contributed by atoms with E-state index in [0.717, 1.165) is 25.2 Å². The summed E-state index contributed by atoms with van der Waals surface area (Å²) in [5.74, 6) is 0.114.